The number of nitrogens with zero attached hydrogens (tertiary/aromatic N) is 3. The number of hydrogen-bond acceptors (Lipinski definition) is 5. The highest BCUT2D eigenvalue weighted by Gasteiger charge is 2.27. The van der Waals surface area contributed by atoms with Crippen LogP contribution >= 0.6 is 23.1 Å². The molecule has 1 unspecified atom stereocenters. The van der Waals surface area contributed by atoms with Gasteiger partial charge in [-0.2, -0.15) is 5.10 Å². The third-order valence-electron chi connectivity index (χ3n) is 6.13. The number of aromatic nitrogens is 3. The van der Waals surface area contributed by atoms with Gasteiger partial charge in [0.25, 0.3) is 0 Å². The van der Waals surface area contributed by atoms with Gasteiger partial charge < -0.3 is 5.11 Å². The van der Waals surface area contributed by atoms with Crippen LogP contribution in [0.4, 0.5) is 0 Å². The molecular formula is C23H27N3OS2. The van der Waals surface area contributed by atoms with Crippen LogP contribution in [0, 0.1) is 0 Å². The van der Waals surface area contributed by atoms with Gasteiger partial charge >= 0.3 is 0 Å². The lowest BCUT2D eigenvalue weighted by Gasteiger charge is -2.19. The maximum atomic E-state index is 10.6. The second kappa shape index (κ2) is 7.56. The molecule has 152 valence electrons. The molecule has 0 bridgehead atoms. The zero-order valence-corrected chi connectivity index (χ0v) is 18.7. The molecule has 0 amide bonds. The molecule has 2 aromatic heterocycles. The van der Waals surface area contributed by atoms with Crippen LogP contribution in [-0.2, 0) is 31.3 Å². The third kappa shape index (κ3) is 3.56. The van der Waals surface area contributed by atoms with E-state index < -0.39 is 5.60 Å². The van der Waals surface area contributed by atoms with Gasteiger partial charge in [-0.25, -0.2) is 9.67 Å². The van der Waals surface area contributed by atoms with E-state index in [4.69, 9.17) is 5.10 Å². The molecule has 1 N–H and O–H groups in total. The van der Waals surface area contributed by atoms with Gasteiger partial charge in [-0.05, 0) is 74.1 Å². The minimum atomic E-state index is -0.840. The van der Waals surface area contributed by atoms with E-state index in [1.165, 1.54) is 66.5 Å². The Hall–Kier alpha value is -1.63. The summed E-state index contributed by atoms with van der Waals surface area (Å²) in [6.07, 6.45) is 15.0. The lowest BCUT2D eigenvalue weighted by Crippen LogP contribution is -2.20. The van der Waals surface area contributed by atoms with Crippen LogP contribution in [0.25, 0.3) is 5.69 Å². The molecule has 1 atom stereocenters. The SMILES string of the molecule is CCCC(C)(O)c1ncc(Sc2cnn(-c3c4c(cc5c3CCC5)CCC4)c2)s1. The summed E-state index contributed by atoms with van der Waals surface area (Å²) in [6, 6.07) is 2.47. The normalized spacial score (nSPS) is 17.3. The average molecular weight is 426 g/mol. The van der Waals surface area contributed by atoms with Crippen LogP contribution in [0.2, 0.25) is 0 Å². The molecule has 2 aliphatic carbocycles. The second-order valence-electron chi connectivity index (χ2n) is 8.44. The van der Waals surface area contributed by atoms with Crippen LogP contribution in [0.5, 0.6) is 0 Å². The summed E-state index contributed by atoms with van der Waals surface area (Å²) in [5.74, 6) is 0. The molecule has 0 radical (unpaired) electrons. The average Bonchev–Trinajstić information content (AvgIpc) is 3.47. The van der Waals surface area contributed by atoms with Crippen molar-refractivity contribution in [3.8, 4) is 5.69 Å². The van der Waals surface area contributed by atoms with E-state index >= 15 is 0 Å². The number of benzene rings is 1. The summed E-state index contributed by atoms with van der Waals surface area (Å²) in [5, 5.41) is 16.2. The summed E-state index contributed by atoms with van der Waals surface area (Å²) in [4.78, 5) is 5.61. The largest absolute Gasteiger partial charge is 0.383 e. The number of aliphatic hydroxyl groups is 1. The van der Waals surface area contributed by atoms with E-state index in [9.17, 15) is 5.11 Å². The molecule has 0 spiro atoms. The zero-order valence-electron chi connectivity index (χ0n) is 17.1. The van der Waals surface area contributed by atoms with Crippen molar-refractivity contribution in [1.29, 1.82) is 0 Å². The molecule has 0 aliphatic heterocycles. The van der Waals surface area contributed by atoms with Crippen LogP contribution in [-0.4, -0.2) is 19.9 Å². The van der Waals surface area contributed by atoms with Crippen molar-refractivity contribution in [2.24, 2.45) is 0 Å². The Balaban J connectivity index is 1.43. The molecule has 0 fully saturated rings. The number of fused-ring (bicyclic) bond motifs is 2. The highest BCUT2D eigenvalue weighted by Crippen LogP contribution is 2.40. The van der Waals surface area contributed by atoms with Gasteiger partial charge in [0, 0.05) is 6.20 Å². The van der Waals surface area contributed by atoms with E-state index in [2.05, 4.69) is 28.9 Å². The Bertz CT molecular complexity index is 1020. The Morgan fingerprint density at radius 1 is 1.14 bits per heavy atom. The summed E-state index contributed by atoms with van der Waals surface area (Å²) in [7, 11) is 0. The van der Waals surface area contributed by atoms with E-state index in [1.807, 2.05) is 19.3 Å². The summed E-state index contributed by atoms with van der Waals surface area (Å²) in [6.45, 7) is 3.95. The van der Waals surface area contributed by atoms with Crippen LogP contribution in [0.15, 0.2) is 33.8 Å². The fraction of sp³-hybridized carbons (Fsp3) is 0.478. The predicted octanol–water partition coefficient (Wildman–Crippen LogP) is 5.47. The van der Waals surface area contributed by atoms with Crippen molar-refractivity contribution in [1.82, 2.24) is 14.8 Å². The Labute approximate surface area is 180 Å². The monoisotopic (exact) mass is 425 g/mol. The van der Waals surface area contributed by atoms with Crippen molar-refractivity contribution in [3.05, 3.63) is 51.9 Å². The van der Waals surface area contributed by atoms with E-state index in [0.717, 1.165) is 27.0 Å². The maximum absolute atomic E-state index is 10.6. The molecule has 5 rings (SSSR count). The van der Waals surface area contributed by atoms with Gasteiger partial charge in [-0.3, -0.25) is 0 Å². The molecule has 0 saturated heterocycles. The maximum Gasteiger partial charge on any atom is 0.125 e. The summed E-state index contributed by atoms with van der Waals surface area (Å²) >= 11 is 3.27. The minimum Gasteiger partial charge on any atom is -0.383 e. The van der Waals surface area contributed by atoms with Crippen molar-refractivity contribution in [2.45, 2.75) is 79.9 Å². The van der Waals surface area contributed by atoms with Crippen molar-refractivity contribution >= 4 is 23.1 Å². The highest BCUT2D eigenvalue weighted by atomic mass is 32.2. The molecule has 0 saturated carbocycles. The van der Waals surface area contributed by atoms with Gasteiger partial charge in [0.05, 0.1) is 27.2 Å². The van der Waals surface area contributed by atoms with Crippen molar-refractivity contribution in [3.63, 3.8) is 0 Å². The van der Waals surface area contributed by atoms with Crippen molar-refractivity contribution < 1.29 is 5.11 Å². The van der Waals surface area contributed by atoms with Crippen LogP contribution in [0.1, 0.15) is 66.8 Å². The van der Waals surface area contributed by atoms with Gasteiger partial charge in [0.1, 0.15) is 10.6 Å². The van der Waals surface area contributed by atoms with Gasteiger partial charge in [-0.1, -0.05) is 31.2 Å². The van der Waals surface area contributed by atoms with Crippen LogP contribution in [0.3, 0.4) is 0 Å². The smallest absolute Gasteiger partial charge is 0.125 e. The summed E-state index contributed by atoms with van der Waals surface area (Å²) in [5.41, 5.74) is 6.62. The second-order valence-corrected chi connectivity index (χ2v) is 10.8. The van der Waals surface area contributed by atoms with E-state index in [-0.39, 0.29) is 0 Å². The number of rotatable bonds is 6. The topological polar surface area (TPSA) is 50.9 Å². The van der Waals surface area contributed by atoms with E-state index in [1.54, 1.807) is 23.1 Å². The quantitative estimate of drug-likeness (QED) is 0.569. The van der Waals surface area contributed by atoms with Gasteiger partial charge in [0.2, 0.25) is 0 Å². The first-order chi connectivity index (χ1) is 14.0. The standard InChI is InChI=1S/C23H27N3OS2/c1-3-10-23(2,27)22-24-13-20(29-22)28-17-12-25-26(14-17)21-18-8-4-6-15(18)11-16-7-5-9-19(16)21/h11-14,27H,3-10H2,1-2H3. The Morgan fingerprint density at radius 3 is 2.55 bits per heavy atom. The Kier molecular flexibility index (Phi) is 5.04. The van der Waals surface area contributed by atoms with Crippen LogP contribution < -0.4 is 0 Å². The molecular weight excluding hydrogens is 398 g/mol. The molecule has 29 heavy (non-hydrogen) atoms. The lowest BCUT2D eigenvalue weighted by atomic mass is 9.99. The van der Waals surface area contributed by atoms with Gasteiger partial charge in [-0.15, -0.1) is 11.3 Å². The fourth-order valence-electron chi connectivity index (χ4n) is 4.81. The number of hydrogen-bond donors (Lipinski definition) is 1. The first-order valence-corrected chi connectivity index (χ1v) is 12.3. The molecule has 6 heteroatoms. The number of thiazole rings is 1. The highest BCUT2D eigenvalue weighted by molar-refractivity contribution is 8.01. The number of aryl methyl sites for hydroxylation is 2. The first-order valence-electron chi connectivity index (χ1n) is 10.6. The zero-order chi connectivity index (χ0) is 20.0. The third-order valence-corrected chi connectivity index (χ3v) is 8.43. The molecule has 4 nitrogen and oxygen atoms in total. The first kappa shape index (κ1) is 19.3. The van der Waals surface area contributed by atoms with E-state index in [0.29, 0.717) is 0 Å². The van der Waals surface area contributed by atoms with Crippen molar-refractivity contribution in [2.75, 3.05) is 0 Å². The molecule has 2 heterocycles. The lowest BCUT2D eigenvalue weighted by molar-refractivity contribution is 0.0467. The fourth-order valence-corrected chi connectivity index (χ4v) is 6.81. The predicted molar refractivity (Wildman–Crippen MR) is 118 cm³/mol. The molecule has 2 aliphatic rings. The molecule has 3 aromatic rings. The molecule has 1 aromatic carbocycles. The van der Waals surface area contributed by atoms with Gasteiger partial charge in [0.15, 0.2) is 0 Å². The minimum absolute atomic E-state index is 0.729. The Morgan fingerprint density at radius 2 is 1.86 bits per heavy atom. The summed E-state index contributed by atoms with van der Waals surface area (Å²) < 4.78 is 3.21.